The smallest absolute Gasteiger partial charge is 0.176 e. The molecule has 0 spiro atoms. The summed E-state index contributed by atoms with van der Waals surface area (Å²) in [6.45, 7) is 3.90. The summed E-state index contributed by atoms with van der Waals surface area (Å²) in [5.74, 6) is 0.0467. The second-order valence-corrected chi connectivity index (χ2v) is 5.21. The Hall–Kier alpha value is -1.67. The molecule has 0 aliphatic heterocycles. The van der Waals surface area contributed by atoms with Gasteiger partial charge < -0.3 is 5.73 Å². The molecule has 2 aromatic carbocycles. The van der Waals surface area contributed by atoms with E-state index in [1.807, 2.05) is 50.2 Å². The lowest BCUT2D eigenvalue weighted by molar-refractivity contribution is 0.147. The highest BCUT2D eigenvalue weighted by Gasteiger charge is 2.41. The van der Waals surface area contributed by atoms with E-state index in [9.17, 15) is 0 Å². The lowest BCUT2D eigenvalue weighted by Gasteiger charge is -2.34. The van der Waals surface area contributed by atoms with Crippen LogP contribution >= 0.6 is 0 Å². The quantitative estimate of drug-likeness (QED) is 0.883. The van der Waals surface area contributed by atoms with E-state index in [1.165, 1.54) is 0 Å². The highest BCUT2D eigenvalue weighted by Crippen LogP contribution is 2.38. The Bertz CT molecular complexity index is 468. The largest absolute Gasteiger partial charge is 0.324 e. The van der Waals surface area contributed by atoms with Crippen molar-refractivity contribution in [2.45, 2.75) is 25.6 Å². The van der Waals surface area contributed by atoms with Crippen molar-refractivity contribution in [3.05, 3.63) is 71.8 Å². The van der Waals surface area contributed by atoms with E-state index >= 15 is 4.39 Å². The van der Waals surface area contributed by atoms with Gasteiger partial charge in [-0.1, -0.05) is 74.5 Å². The Morgan fingerprint density at radius 1 is 0.842 bits per heavy atom. The van der Waals surface area contributed by atoms with Gasteiger partial charge in [-0.05, 0) is 17.0 Å². The Morgan fingerprint density at radius 3 is 1.53 bits per heavy atom. The Balaban J connectivity index is 2.57. The van der Waals surface area contributed by atoms with Crippen LogP contribution in [0.25, 0.3) is 0 Å². The van der Waals surface area contributed by atoms with Crippen molar-refractivity contribution in [2.75, 3.05) is 0 Å². The molecule has 2 N–H and O–H groups in total. The first-order valence-electron chi connectivity index (χ1n) is 6.62. The molecule has 2 rings (SSSR count). The number of rotatable bonds is 4. The first-order valence-corrected chi connectivity index (χ1v) is 6.62. The van der Waals surface area contributed by atoms with Crippen LogP contribution in [0.3, 0.4) is 0 Å². The number of nitrogens with two attached hydrogens (primary N) is 1. The molecule has 2 heteroatoms. The fourth-order valence-corrected chi connectivity index (χ4v) is 2.37. The van der Waals surface area contributed by atoms with Crippen LogP contribution < -0.4 is 5.73 Å². The first-order chi connectivity index (χ1) is 9.06. The summed E-state index contributed by atoms with van der Waals surface area (Å²) < 4.78 is 15.8. The molecule has 0 fully saturated rings. The maximum Gasteiger partial charge on any atom is 0.176 e. The second-order valence-electron chi connectivity index (χ2n) is 5.21. The van der Waals surface area contributed by atoms with Crippen LogP contribution in [0, 0.1) is 5.92 Å². The van der Waals surface area contributed by atoms with Crippen molar-refractivity contribution < 1.29 is 4.39 Å². The van der Waals surface area contributed by atoms with Gasteiger partial charge in [0.15, 0.2) is 5.67 Å². The molecule has 0 aromatic heterocycles. The summed E-state index contributed by atoms with van der Waals surface area (Å²) in [6.07, 6.45) is 0. The van der Waals surface area contributed by atoms with E-state index in [0.29, 0.717) is 11.1 Å². The van der Waals surface area contributed by atoms with Gasteiger partial charge in [0.25, 0.3) is 0 Å². The van der Waals surface area contributed by atoms with Crippen LogP contribution in [-0.4, -0.2) is 6.04 Å². The van der Waals surface area contributed by atoms with Crippen molar-refractivity contribution in [3.8, 4) is 0 Å². The maximum absolute atomic E-state index is 15.8. The molecule has 0 aliphatic carbocycles. The Morgan fingerprint density at radius 2 is 1.21 bits per heavy atom. The van der Waals surface area contributed by atoms with Gasteiger partial charge in [0, 0.05) is 6.04 Å². The maximum atomic E-state index is 15.8. The Labute approximate surface area is 114 Å². The fourth-order valence-electron chi connectivity index (χ4n) is 2.37. The predicted molar refractivity (Wildman–Crippen MR) is 77.6 cm³/mol. The van der Waals surface area contributed by atoms with Crippen molar-refractivity contribution in [1.82, 2.24) is 0 Å². The summed E-state index contributed by atoms with van der Waals surface area (Å²) in [4.78, 5) is 0. The van der Waals surface area contributed by atoms with E-state index < -0.39 is 11.7 Å². The van der Waals surface area contributed by atoms with E-state index in [2.05, 4.69) is 0 Å². The normalized spacial score (nSPS) is 13.5. The third-order valence-corrected chi connectivity index (χ3v) is 3.57. The van der Waals surface area contributed by atoms with Crippen molar-refractivity contribution in [1.29, 1.82) is 0 Å². The van der Waals surface area contributed by atoms with Gasteiger partial charge in [0.2, 0.25) is 0 Å². The van der Waals surface area contributed by atoms with Crippen LogP contribution in [0.15, 0.2) is 60.7 Å². The third kappa shape index (κ3) is 2.54. The van der Waals surface area contributed by atoms with Crippen LogP contribution in [0.1, 0.15) is 25.0 Å². The molecule has 0 unspecified atom stereocenters. The highest BCUT2D eigenvalue weighted by molar-refractivity contribution is 5.38. The van der Waals surface area contributed by atoms with Gasteiger partial charge in [-0.2, -0.15) is 0 Å². The van der Waals surface area contributed by atoms with Crippen LogP contribution in [-0.2, 0) is 5.67 Å². The monoisotopic (exact) mass is 257 g/mol. The summed E-state index contributed by atoms with van der Waals surface area (Å²) in [5.41, 5.74) is 5.75. The molecule has 1 nitrogen and oxygen atoms in total. The van der Waals surface area contributed by atoms with Gasteiger partial charge in [-0.15, -0.1) is 0 Å². The summed E-state index contributed by atoms with van der Waals surface area (Å²) >= 11 is 0. The fraction of sp³-hybridized carbons (Fsp3) is 0.294. The van der Waals surface area contributed by atoms with Gasteiger partial charge in [-0.25, -0.2) is 4.39 Å². The minimum atomic E-state index is -1.66. The molecule has 19 heavy (non-hydrogen) atoms. The molecule has 0 bridgehead atoms. The van der Waals surface area contributed by atoms with Gasteiger partial charge in [0.1, 0.15) is 0 Å². The predicted octanol–water partition coefficient (Wildman–Crippen LogP) is 3.88. The lowest BCUT2D eigenvalue weighted by Crippen LogP contribution is -2.46. The average molecular weight is 257 g/mol. The minimum absolute atomic E-state index is 0.0467. The lowest BCUT2D eigenvalue weighted by atomic mass is 9.78. The molecular weight excluding hydrogens is 237 g/mol. The molecule has 0 aliphatic rings. The third-order valence-electron chi connectivity index (χ3n) is 3.57. The second kappa shape index (κ2) is 5.54. The number of hydrogen-bond donors (Lipinski definition) is 1. The topological polar surface area (TPSA) is 26.0 Å². The summed E-state index contributed by atoms with van der Waals surface area (Å²) in [7, 11) is 0. The summed E-state index contributed by atoms with van der Waals surface area (Å²) in [5, 5.41) is 0. The van der Waals surface area contributed by atoms with Gasteiger partial charge in [0.05, 0.1) is 0 Å². The molecule has 2 aromatic rings. The SMILES string of the molecule is CC(C)[C@@H](N)C(F)(c1ccccc1)c1ccccc1. The minimum Gasteiger partial charge on any atom is -0.324 e. The molecule has 0 radical (unpaired) electrons. The highest BCUT2D eigenvalue weighted by atomic mass is 19.1. The zero-order valence-electron chi connectivity index (χ0n) is 11.4. The first kappa shape index (κ1) is 13.8. The number of alkyl halides is 1. The van der Waals surface area contributed by atoms with Crippen molar-refractivity contribution in [3.63, 3.8) is 0 Å². The standard InChI is InChI=1S/C17H20FN/c1-13(2)16(19)17(18,14-9-5-3-6-10-14)15-11-7-4-8-12-15/h3-13,16H,19H2,1-2H3/t16-/m1/s1. The number of halogens is 1. The van der Waals surface area contributed by atoms with E-state index in [0.717, 1.165) is 0 Å². The van der Waals surface area contributed by atoms with E-state index in [1.54, 1.807) is 24.3 Å². The number of benzene rings is 2. The zero-order chi connectivity index (χ0) is 13.9. The van der Waals surface area contributed by atoms with Gasteiger partial charge in [-0.3, -0.25) is 0 Å². The molecular formula is C17H20FN. The van der Waals surface area contributed by atoms with Crippen molar-refractivity contribution in [2.24, 2.45) is 11.7 Å². The Kier molecular flexibility index (Phi) is 4.01. The molecule has 0 saturated heterocycles. The molecule has 0 heterocycles. The number of hydrogen-bond acceptors (Lipinski definition) is 1. The van der Waals surface area contributed by atoms with E-state index in [4.69, 9.17) is 5.73 Å². The molecule has 100 valence electrons. The average Bonchev–Trinajstić information content (AvgIpc) is 2.47. The molecule has 0 saturated carbocycles. The van der Waals surface area contributed by atoms with Crippen LogP contribution in [0.4, 0.5) is 4.39 Å². The molecule has 1 atom stereocenters. The van der Waals surface area contributed by atoms with Crippen molar-refractivity contribution >= 4 is 0 Å². The van der Waals surface area contributed by atoms with Crippen LogP contribution in [0.5, 0.6) is 0 Å². The zero-order valence-corrected chi connectivity index (χ0v) is 11.4. The summed E-state index contributed by atoms with van der Waals surface area (Å²) in [6, 6.07) is 17.8. The molecule has 0 amide bonds. The van der Waals surface area contributed by atoms with Crippen LogP contribution in [0.2, 0.25) is 0 Å². The van der Waals surface area contributed by atoms with E-state index in [-0.39, 0.29) is 5.92 Å². The van der Waals surface area contributed by atoms with Gasteiger partial charge >= 0.3 is 0 Å².